The molecule has 1 atom stereocenters. The van der Waals surface area contributed by atoms with Gasteiger partial charge in [-0.1, -0.05) is 19.1 Å². The number of hydrogen-bond donors (Lipinski definition) is 1. The second kappa shape index (κ2) is 4.34. The molecule has 1 N–H and O–H groups in total. The first-order valence-electron chi connectivity index (χ1n) is 5.31. The van der Waals surface area contributed by atoms with Crippen LogP contribution in [0, 0.1) is 0 Å². The van der Waals surface area contributed by atoms with Crippen molar-refractivity contribution in [3.63, 3.8) is 0 Å². The van der Waals surface area contributed by atoms with Crippen molar-refractivity contribution in [2.75, 3.05) is 6.61 Å². The van der Waals surface area contributed by atoms with E-state index in [2.05, 4.69) is 12.2 Å². The summed E-state index contributed by atoms with van der Waals surface area (Å²) < 4.78 is 5.48. The Balaban J connectivity index is 1.95. The van der Waals surface area contributed by atoms with Gasteiger partial charge in [0.1, 0.15) is 5.75 Å². The molecule has 0 spiro atoms. The fraction of sp³-hybridized carbons (Fsp3) is 0.417. The van der Waals surface area contributed by atoms with E-state index >= 15 is 0 Å². The molecular weight excluding hydrogens is 190 g/mol. The molecular formula is C12H15NO2. The van der Waals surface area contributed by atoms with Crippen molar-refractivity contribution < 1.29 is 9.53 Å². The van der Waals surface area contributed by atoms with E-state index in [1.54, 1.807) is 0 Å². The molecule has 1 aliphatic rings. The average Bonchev–Trinajstić information content (AvgIpc) is 2.23. The zero-order valence-corrected chi connectivity index (χ0v) is 8.82. The molecule has 1 heterocycles. The number of amides is 1. The van der Waals surface area contributed by atoms with Crippen LogP contribution >= 0.6 is 0 Å². The summed E-state index contributed by atoms with van der Waals surface area (Å²) in [4.78, 5) is 10.8. The van der Waals surface area contributed by atoms with Crippen LogP contribution in [0.5, 0.6) is 5.75 Å². The molecule has 1 unspecified atom stereocenters. The van der Waals surface area contributed by atoms with Gasteiger partial charge in [-0.3, -0.25) is 4.79 Å². The van der Waals surface area contributed by atoms with E-state index in [1.165, 1.54) is 0 Å². The highest BCUT2D eigenvalue weighted by Crippen LogP contribution is 2.25. The molecule has 1 saturated heterocycles. The number of carbonyl (C=O) groups excluding carboxylic acids is 1. The quantitative estimate of drug-likeness (QED) is 0.764. The lowest BCUT2D eigenvalue weighted by atomic mass is 9.97. The molecule has 1 amide bonds. The Bertz CT molecular complexity index is 337. The highest BCUT2D eigenvalue weighted by molar-refractivity contribution is 5.83. The number of benzene rings is 1. The Morgan fingerprint density at radius 2 is 2.07 bits per heavy atom. The van der Waals surface area contributed by atoms with E-state index < -0.39 is 0 Å². The van der Waals surface area contributed by atoms with E-state index in [0.29, 0.717) is 6.42 Å². The van der Waals surface area contributed by atoms with Crippen molar-refractivity contribution in [2.45, 2.75) is 25.8 Å². The minimum absolute atomic E-state index is 0.131. The average molecular weight is 205 g/mol. The van der Waals surface area contributed by atoms with E-state index in [1.807, 2.05) is 24.3 Å². The summed E-state index contributed by atoms with van der Waals surface area (Å²) in [6, 6.07) is 8.13. The molecule has 3 heteroatoms. The van der Waals surface area contributed by atoms with Gasteiger partial charge in [-0.15, -0.1) is 0 Å². The Hall–Kier alpha value is -1.51. The molecule has 0 saturated carbocycles. The molecule has 1 aromatic rings. The van der Waals surface area contributed by atoms with Crippen LogP contribution < -0.4 is 10.1 Å². The van der Waals surface area contributed by atoms with Gasteiger partial charge in [-0.2, -0.15) is 0 Å². The standard InChI is InChI=1S/C12H15NO2/c1-2-7-15-10-5-3-9(4-6-10)11-8-12(14)13-11/h3-6,11H,2,7-8H2,1H3,(H,13,14). The summed E-state index contributed by atoms with van der Waals surface area (Å²) in [6.07, 6.45) is 1.62. The molecule has 1 fully saturated rings. The Morgan fingerprint density at radius 3 is 2.60 bits per heavy atom. The number of rotatable bonds is 4. The molecule has 1 aliphatic heterocycles. The molecule has 1 aromatic carbocycles. The fourth-order valence-electron chi connectivity index (χ4n) is 1.58. The Labute approximate surface area is 89.4 Å². The minimum Gasteiger partial charge on any atom is -0.494 e. The maximum Gasteiger partial charge on any atom is 0.222 e. The van der Waals surface area contributed by atoms with Crippen molar-refractivity contribution in [1.82, 2.24) is 5.32 Å². The Morgan fingerprint density at radius 1 is 1.40 bits per heavy atom. The number of ether oxygens (including phenoxy) is 1. The highest BCUT2D eigenvalue weighted by Gasteiger charge is 2.26. The number of carbonyl (C=O) groups is 1. The lowest BCUT2D eigenvalue weighted by molar-refractivity contribution is -0.128. The van der Waals surface area contributed by atoms with Crippen LogP contribution in [-0.2, 0) is 4.79 Å². The molecule has 15 heavy (non-hydrogen) atoms. The summed E-state index contributed by atoms with van der Waals surface area (Å²) >= 11 is 0. The van der Waals surface area contributed by atoms with Crippen LogP contribution in [0.2, 0.25) is 0 Å². The summed E-state index contributed by atoms with van der Waals surface area (Å²) in [5.74, 6) is 1.03. The lowest BCUT2D eigenvalue weighted by Gasteiger charge is -2.27. The van der Waals surface area contributed by atoms with Gasteiger partial charge in [-0.25, -0.2) is 0 Å². The summed E-state index contributed by atoms with van der Waals surface area (Å²) in [5.41, 5.74) is 1.15. The smallest absolute Gasteiger partial charge is 0.222 e. The zero-order valence-electron chi connectivity index (χ0n) is 8.82. The van der Waals surface area contributed by atoms with Crippen molar-refractivity contribution in [2.24, 2.45) is 0 Å². The van der Waals surface area contributed by atoms with Gasteiger partial charge in [0, 0.05) is 0 Å². The molecule has 3 nitrogen and oxygen atoms in total. The number of β-lactam (4-membered cyclic amide) rings is 1. The molecule has 0 aliphatic carbocycles. The summed E-state index contributed by atoms with van der Waals surface area (Å²) in [7, 11) is 0. The van der Waals surface area contributed by atoms with Crippen LogP contribution in [-0.4, -0.2) is 12.5 Å². The summed E-state index contributed by atoms with van der Waals surface area (Å²) in [5, 5.41) is 2.84. The highest BCUT2D eigenvalue weighted by atomic mass is 16.5. The van der Waals surface area contributed by atoms with Gasteiger partial charge < -0.3 is 10.1 Å². The van der Waals surface area contributed by atoms with Gasteiger partial charge >= 0.3 is 0 Å². The second-order valence-electron chi connectivity index (χ2n) is 3.74. The topological polar surface area (TPSA) is 38.3 Å². The minimum atomic E-state index is 0.131. The van der Waals surface area contributed by atoms with E-state index in [0.717, 1.165) is 24.3 Å². The maximum absolute atomic E-state index is 10.8. The normalized spacial score (nSPS) is 19.3. The van der Waals surface area contributed by atoms with Crippen LogP contribution in [0.15, 0.2) is 24.3 Å². The first kappa shape index (κ1) is 10.0. The van der Waals surface area contributed by atoms with E-state index in [9.17, 15) is 4.79 Å². The van der Waals surface area contributed by atoms with E-state index in [4.69, 9.17) is 4.74 Å². The third-order valence-electron chi connectivity index (χ3n) is 2.48. The van der Waals surface area contributed by atoms with Gasteiger partial charge in [0.05, 0.1) is 19.1 Å². The van der Waals surface area contributed by atoms with Crippen molar-refractivity contribution in [3.05, 3.63) is 29.8 Å². The zero-order chi connectivity index (χ0) is 10.7. The summed E-state index contributed by atoms with van der Waals surface area (Å²) in [6.45, 7) is 2.83. The predicted octanol–water partition coefficient (Wildman–Crippen LogP) is 2.04. The van der Waals surface area contributed by atoms with Gasteiger partial charge in [0.15, 0.2) is 0 Å². The Kier molecular flexibility index (Phi) is 2.90. The monoisotopic (exact) mass is 205 g/mol. The predicted molar refractivity (Wildman–Crippen MR) is 57.7 cm³/mol. The van der Waals surface area contributed by atoms with Crippen molar-refractivity contribution in [3.8, 4) is 5.75 Å². The second-order valence-corrected chi connectivity index (χ2v) is 3.74. The molecule has 80 valence electrons. The third kappa shape index (κ3) is 2.29. The van der Waals surface area contributed by atoms with Crippen LogP contribution in [0.3, 0.4) is 0 Å². The van der Waals surface area contributed by atoms with E-state index in [-0.39, 0.29) is 11.9 Å². The first-order chi connectivity index (χ1) is 7.29. The lowest BCUT2D eigenvalue weighted by Crippen LogP contribution is -2.41. The SMILES string of the molecule is CCCOc1ccc(C2CC(=O)N2)cc1. The molecule has 0 bridgehead atoms. The van der Waals surface area contributed by atoms with Crippen molar-refractivity contribution >= 4 is 5.91 Å². The molecule has 2 rings (SSSR count). The number of nitrogens with one attached hydrogen (secondary N) is 1. The maximum atomic E-state index is 10.8. The fourth-order valence-corrected chi connectivity index (χ4v) is 1.58. The van der Waals surface area contributed by atoms with Gasteiger partial charge in [0.2, 0.25) is 5.91 Å². The van der Waals surface area contributed by atoms with Crippen LogP contribution in [0.1, 0.15) is 31.4 Å². The van der Waals surface area contributed by atoms with Gasteiger partial charge in [0.25, 0.3) is 0 Å². The largest absolute Gasteiger partial charge is 0.494 e. The number of hydrogen-bond acceptors (Lipinski definition) is 2. The third-order valence-corrected chi connectivity index (χ3v) is 2.48. The first-order valence-corrected chi connectivity index (χ1v) is 5.31. The molecule has 0 radical (unpaired) electrons. The van der Waals surface area contributed by atoms with Crippen molar-refractivity contribution in [1.29, 1.82) is 0 Å². The van der Waals surface area contributed by atoms with Gasteiger partial charge in [-0.05, 0) is 24.1 Å². The molecule has 0 aromatic heterocycles. The van der Waals surface area contributed by atoms with Crippen LogP contribution in [0.25, 0.3) is 0 Å². The van der Waals surface area contributed by atoms with Crippen LogP contribution in [0.4, 0.5) is 0 Å².